The zero-order chi connectivity index (χ0) is 91.1. The van der Waals surface area contributed by atoms with Crippen LogP contribution in [0.15, 0.2) is 529 Å². The molecule has 0 bridgehead atoms. The van der Waals surface area contributed by atoms with Crippen LogP contribution in [0.4, 0.5) is 0 Å². The largest absolute Gasteiger partial charge is 0.455 e. The SMILES string of the molecule is c1ccc(-c2ccc3c(c2)c2cc(-c4ccccc4)ccc2n3-c2ccc(-c3ccc(-c4cccc5c4oc4ccccc45)cc3)cc2)cc1.c1ccc(-c2ccc3c4ccc(-c5ccccc5)cc4n(-c4ccc(-c5ccc(-c6cccc7c6oc6ccccc67)cc5)cc4)c3c2)cc1.c1ccc2c(c1)oc1c(-c3ccc(-c4ccc(-n5c6ccccc6c6ccccc65)cc4)cc3)cccc12. The lowest BCUT2D eigenvalue weighted by atomic mass is 9.98. The number of hydrogen-bond acceptors (Lipinski definition) is 3. The van der Waals surface area contributed by atoms with Crippen molar-refractivity contribution in [2.24, 2.45) is 0 Å². The molecule has 0 atom stereocenters. The van der Waals surface area contributed by atoms with E-state index in [2.05, 4.69) is 493 Å². The van der Waals surface area contributed by atoms with Crippen LogP contribution in [-0.2, 0) is 0 Å². The number of furan rings is 3. The number of nitrogens with zero attached hydrogens (tertiary/aromatic N) is 3. The first-order valence-electron chi connectivity index (χ1n) is 47.1. The quantitative estimate of drug-likeness (QED) is 0.116. The molecule has 0 aliphatic heterocycles. The van der Waals surface area contributed by atoms with Gasteiger partial charge < -0.3 is 27.0 Å². The third-order valence-corrected chi connectivity index (χ3v) is 27.7. The highest BCUT2D eigenvalue weighted by atomic mass is 16.3. The second-order valence-corrected chi connectivity index (χ2v) is 35.6. The van der Waals surface area contributed by atoms with Crippen molar-refractivity contribution in [3.05, 3.63) is 516 Å². The topological polar surface area (TPSA) is 54.2 Å². The maximum Gasteiger partial charge on any atom is 0.143 e. The van der Waals surface area contributed by atoms with Gasteiger partial charge in [-0.25, -0.2) is 0 Å². The molecule has 0 radical (unpaired) electrons. The van der Waals surface area contributed by atoms with E-state index >= 15 is 0 Å². The molecule has 0 aliphatic carbocycles. The fraction of sp³-hybridized carbons (Fsp3) is 0. The van der Waals surface area contributed by atoms with Gasteiger partial charge in [-0.05, 0) is 198 Å². The van der Waals surface area contributed by atoms with E-state index in [1.807, 2.05) is 36.4 Å². The highest BCUT2D eigenvalue weighted by Gasteiger charge is 2.22. The minimum atomic E-state index is 0.919. The molecule has 0 amide bonds. The molecule has 0 fully saturated rings. The molecule has 6 aromatic heterocycles. The second-order valence-electron chi connectivity index (χ2n) is 35.6. The highest BCUT2D eigenvalue weighted by Crippen LogP contribution is 2.46. The molecule has 0 aliphatic rings. The summed E-state index contributed by atoms with van der Waals surface area (Å²) < 4.78 is 26.1. The Morgan fingerprint density at radius 1 is 0.116 bits per heavy atom. The van der Waals surface area contributed by atoms with Gasteiger partial charge in [0.1, 0.15) is 33.5 Å². The van der Waals surface area contributed by atoms with Crippen molar-refractivity contribution >= 4 is 131 Å². The van der Waals surface area contributed by atoms with Crippen molar-refractivity contribution < 1.29 is 13.3 Å². The Hall–Kier alpha value is -18.4. The summed E-state index contributed by atoms with van der Waals surface area (Å²) in [6.45, 7) is 0. The maximum absolute atomic E-state index is 6.32. The van der Waals surface area contributed by atoms with E-state index in [1.54, 1.807) is 0 Å². The van der Waals surface area contributed by atoms with Gasteiger partial charge >= 0.3 is 0 Å². The number of fused-ring (bicyclic) bond motifs is 18. The van der Waals surface area contributed by atoms with Crippen molar-refractivity contribution in [2.45, 2.75) is 0 Å². The summed E-state index contributed by atoms with van der Waals surface area (Å²) in [7, 11) is 0. The Bertz CT molecular complexity index is 9250. The number of rotatable bonds is 13. The van der Waals surface area contributed by atoms with Crippen LogP contribution in [0.1, 0.15) is 0 Å². The molecule has 28 rings (SSSR count). The monoisotopic (exact) mass is 1760 g/mol. The predicted octanol–water partition coefficient (Wildman–Crippen LogP) is 36.7. The van der Waals surface area contributed by atoms with Crippen LogP contribution in [0, 0.1) is 0 Å². The lowest BCUT2D eigenvalue weighted by molar-refractivity contribution is 0.669. The fourth-order valence-electron chi connectivity index (χ4n) is 20.9. The third kappa shape index (κ3) is 14.3. The molecule has 138 heavy (non-hydrogen) atoms. The average Bonchev–Trinajstić information content (AvgIpc) is 1.58. The van der Waals surface area contributed by atoms with Gasteiger partial charge in [0.25, 0.3) is 0 Å². The van der Waals surface area contributed by atoms with Crippen LogP contribution in [0.2, 0.25) is 0 Å². The summed E-state index contributed by atoms with van der Waals surface area (Å²) in [6, 6.07) is 184. The van der Waals surface area contributed by atoms with E-state index in [9.17, 15) is 0 Å². The molecular weight excluding hydrogens is 1680 g/mol. The van der Waals surface area contributed by atoms with Gasteiger partial charge in [0.15, 0.2) is 0 Å². The van der Waals surface area contributed by atoms with Crippen molar-refractivity contribution in [3.8, 4) is 128 Å². The molecule has 22 aromatic carbocycles. The van der Waals surface area contributed by atoms with Crippen LogP contribution in [0.25, 0.3) is 260 Å². The first-order chi connectivity index (χ1) is 68.4. The summed E-state index contributed by atoms with van der Waals surface area (Å²) in [5.41, 5.74) is 39.9. The first-order valence-corrected chi connectivity index (χ1v) is 47.1. The van der Waals surface area contributed by atoms with Crippen LogP contribution >= 0.6 is 0 Å². The van der Waals surface area contributed by atoms with Gasteiger partial charge in [0.2, 0.25) is 0 Å². The average molecular weight is 1760 g/mol. The Kier molecular flexibility index (Phi) is 19.9. The Morgan fingerprint density at radius 2 is 0.326 bits per heavy atom. The van der Waals surface area contributed by atoms with E-state index in [0.717, 1.165) is 111 Å². The zero-order valence-electron chi connectivity index (χ0n) is 75.1. The van der Waals surface area contributed by atoms with Crippen molar-refractivity contribution in [2.75, 3.05) is 0 Å². The van der Waals surface area contributed by atoms with Gasteiger partial charge in [0, 0.05) is 98.4 Å². The molecule has 0 saturated carbocycles. The number of aromatic nitrogens is 3. The molecule has 6 heterocycles. The molecule has 0 N–H and O–H groups in total. The van der Waals surface area contributed by atoms with Crippen LogP contribution in [-0.4, -0.2) is 13.7 Å². The van der Waals surface area contributed by atoms with E-state index in [0.29, 0.717) is 0 Å². The van der Waals surface area contributed by atoms with Crippen LogP contribution in [0.5, 0.6) is 0 Å². The summed E-state index contributed by atoms with van der Waals surface area (Å²) in [6.07, 6.45) is 0. The predicted molar refractivity (Wildman–Crippen MR) is 579 cm³/mol. The minimum Gasteiger partial charge on any atom is -0.455 e. The lowest BCUT2D eigenvalue weighted by Gasteiger charge is -2.11. The number of para-hydroxylation sites is 8. The summed E-state index contributed by atoms with van der Waals surface area (Å²) in [5, 5.41) is 14.5. The van der Waals surface area contributed by atoms with Crippen molar-refractivity contribution in [1.29, 1.82) is 0 Å². The van der Waals surface area contributed by atoms with Gasteiger partial charge in [-0.2, -0.15) is 0 Å². The molecule has 6 heteroatoms. The lowest BCUT2D eigenvalue weighted by Crippen LogP contribution is -1.94. The summed E-state index contributed by atoms with van der Waals surface area (Å²) >= 11 is 0. The third-order valence-electron chi connectivity index (χ3n) is 27.7. The Morgan fingerprint density at radius 3 is 0.638 bits per heavy atom. The molecule has 646 valence electrons. The molecule has 0 saturated heterocycles. The Labute approximate surface area is 796 Å². The molecule has 0 spiro atoms. The maximum atomic E-state index is 6.32. The van der Waals surface area contributed by atoms with E-state index < -0.39 is 0 Å². The molecule has 28 aromatic rings. The van der Waals surface area contributed by atoms with Crippen molar-refractivity contribution in [1.82, 2.24) is 13.7 Å². The fourth-order valence-corrected chi connectivity index (χ4v) is 20.9. The standard InChI is InChI=1S/2C48H31NO.C36H23NO/c1-3-10-32(11-4-1)37-24-28-41-42-29-25-38(33-12-5-2-6-13-33)31-46(42)49(45(41)30-37)39-26-22-35(23-27-39)34-18-20-36(21-19-34)40-15-9-16-44-43-14-7-8-17-47(43)50-48(40)44;1-3-10-32(11-4-1)37-24-28-45-43(30-37)44-31-38(33-12-5-2-6-13-33)25-29-46(44)49(45)39-26-22-35(23-27-39)34-18-20-36(21-19-34)40-15-9-16-42-41-14-7-8-17-47(41)50-48(40)42;1-4-13-33-29(8-1)30-9-2-5-14-34(30)37(33)27-22-20-25(21-23-27)24-16-18-26(19-17-24)28-11-7-12-32-31-10-3-6-15-35(31)38-36(28)32/h2*1-31H;1-23H. The Balaban J connectivity index is 0.000000108. The number of benzene rings is 22. The summed E-state index contributed by atoms with van der Waals surface area (Å²) in [4.78, 5) is 0. The normalized spacial score (nSPS) is 11.6. The minimum absolute atomic E-state index is 0.919. The first kappa shape index (κ1) is 80.5. The summed E-state index contributed by atoms with van der Waals surface area (Å²) in [5.74, 6) is 0. The van der Waals surface area contributed by atoms with Gasteiger partial charge in [0.05, 0.1) is 33.1 Å². The van der Waals surface area contributed by atoms with Crippen molar-refractivity contribution in [3.63, 3.8) is 0 Å². The molecule has 0 unspecified atom stereocenters. The molecule has 6 nitrogen and oxygen atoms in total. The van der Waals surface area contributed by atoms with Gasteiger partial charge in [-0.3, -0.25) is 0 Å². The zero-order valence-corrected chi connectivity index (χ0v) is 75.1. The second kappa shape index (κ2) is 34.0. The van der Waals surface area contributed by atoms with E-state index in [4.69, 9.17) is 13.3 Å². The van der Waals surface area contributed by atoms with Gasteiger partial charge in [-0.15, -0.1) is 0 Å². The van der Waals surface area contributed by atoms with Gasteiger partial charge in [-0.1, -0.05) is 413 Å². The smallest absolute Gasteiger partial charge is 0.143 e. The highest BCUT2D eigenvalue weighted by molar-refractivity contribution is 6.16. The molecular formula is C132H85N3O3. The number of hydrogen-bond donors (Lipinski definition) is 0. The van der Waals surface area contributed by atoms with Crippen LogP contribution in [0.3, 0.4) is 0 Å². The van der Waals surface area contributed by atoms with E-state index in [-0.39, 0.29) is 0 Å². The van der Waals surface area contributed by atoms with E-state index in [1.165, 1.54) is 149 Å². The van der Waals surface area contributed by atoms with Crippen LogP contribution < -0.4 is 0 Å².